The largest absolute Gasteiger partial charge is 0.337 e. The Morgan fingerprint density at radius 1 is 1.40 bits per heavy atom. The summed E-state index contributed by atoms with van der Waals surface area (Å²) in [6.07, 6.45) is 0. The molecule has 15 heavy (non-hydrogen) atoms. The molecule has 0 aliphatic carbocycles. The second kappa shape index (κ2) is 4.00. The Morgan fingerprint density at radius 2 is 2.13 bits per heavy atom. The maximum Gasteiger partial charge on any atom is 0.243 e. The lowest BCUT2D eigenvalue weighted by atomic mass is 10.2. The second-order valence-corrected chi connectivity index (χ2v) is 3.63. The molecule has 4 nitrogen and oxygen atoms in total. The minimum atomic E-state index is -0.270. The van der Waals surface area contributed by atoms with Crippen LogP contribution in [0.3, 0.4) is 0 Å². The lowest BCUT2D eigenvalue weighted by Gasteiger charge is -1.96. The summed E-state index contributed by atoms with van der Waals surface area (Å²) in [6, 6.07) is 7.05. The van der Waals surface area contributed by atoms with Crippen LogP contribution in [0.4, 0.5) is 0 Å². The van der Waals surface area contributed by atoms with Crippen LogP contribution in [-0.2, 0) is 0 Å². The van der Waals surface area contributed by atoms with Gasteiger partial charge in [-0.1, -0.05) is 28.9 Å². The molecule has 0 amide bonds. The summed E-state index contributed by atoms with van der Waals surface area (Å²) in [7, 11) is 0. The molecule has 2 rings (SSSR count). The van der Waals surface area contributed by atoms with Gasteiger partial charge in [-0.2, -0.15) is 4.98 Å². The van der Waals surface area contributed by atoms with E-state index < -0.39 is 0 Å². The van der Waals surface area contributed by atoms with Gasteiger partial charge in [0.2, 0.25) is 11.7 Å². The molecular weight excluding hydrogens is 214 g/mol. The minimum absolute atomic E-state index is 0.270. The van der Waals surface area contributed by atoms with Gasteiger partial charge in [-0.15, -0.1) is 0 Å². The third-order valence-electron chi connectivity index (χ3n) is 1.95. The number of hydrogen-bond donors (Lipinski definition) is 1. The number of nitrogens with two attached hydrogens (primary N) is 1. The van der Waals surface area contributed by atoms with Gasteiger partial charge < -0.3 is 10.3 Å². The van der Waals surface area contributed by atoms with Crippen molar-refractivity contribution in [2.75, 3.05) is 0 Å². The fourth-order valence-electron chi connectivity index (χ4n) is 1.17. The first-order chi connectivity index (χ1) is 7.18. The van der Waals surface area contributed by atoms with Crippen molar-refractivity contribution in [1.82, 2.24) is 10.1 Å². The zero-order valence-corrected chi connectivity index (χ0v) is 8.90. The summed E-state index contributed by atoms with van der Waals surface area (Å²) in [4.78, 5) is 4.15. The normalized spacial score (nSPS) is 12.7. The molecule has 0 unspecified atom stereocenters. The van der Waals surface area contributed by atoms with E-state index >= 15 is 0 Å². The van der Waals surface area contributed by atoms with Crippen molar-refractivity contribution in [1.29, 1.82) is 0 Å². The summed E-state index contributed by atoms with van der Waals surface area (Å²) in [5.74, 6) is 0.873. The molecule has 5 heteroatoms. The first-order valence-electron chi connectivity index (χ1n) is 4.52. The Kier molecular flexibility index (Phi) is 2.70. The first-order valence-corrected chi connectivity index (χ1v) is 4.90. The summed E-state index contributed by atoms with van der Waals surface area (Å²) < 4.78 is 4.99. The predicted molar refractivity (Wildman–Crippen MR) is 57.3 cm³/mol. The number of nitrogens with zero attached hydrogens (tertiary/aromatic N) is 2. The van der Waals surface area contributed by atoms with E-state index in [0.717, 1.165) is 5.56 Å². The standard InChI is InChI=1S/C10H10ClN3O/c1-6(12)10-13-9(14-15-10)7-4-2-3-5-8(7)11/h2-6H,12H2,1H3/t6-/m1/s1. The van der Waals surface area contributed by atoms with E-state index in [1.807, 2.05) is 18.2 Å². The highest BCUT2D eigenvalue weighted by molar-refractivity contribution is 6.33. The molecule has 2 aromatic rings. The van der Waals surface area contributed by atoms with Crippen LogP contribution in [0, 0.1) is 0 Å². The van der Waals surface area contributed by atoms with Crippen molar-refractivity contribution in [3.8, 4) is 11.4 Å². The highest BCUT2D eigenvalue weighted by Crippen LogP contribution is 2.25. The van der Waals surface area contributed by atoms with Crippen LogP contribution < -0.4 is 5.73 Å². The molecular formula is C10H10ClN3O. The van der Waals surface area contributed by atoms with Crippen molar-refractivity contribution < 1.29 is 4.52 Å². The predicted octanol–water partition coefficient (Wildman–Crippen LogP) is 2.41. The molecule has 1 aromatic carbocycles. The molecule has 2 N–H and O–H groups in total. The van der Waals surface area contributed by atoms with E-state index in [1.54, 1.807) is 13.0 Å². The van der Waals surface area contributed by atoms with Gasteiger partial charge in [0.1, 0.15) is 0 Å². The van der Waals surface area contributed by atoms with E-state index in [1.165, 1.54) is 0 Å². The third-order valence-corrected chi connectivity index (χ3v) is 2.28. The molecule has 78 valence electrons. The van der Waals surface area contributed by atoms with Gasteiger partial charge in [-0.05, 0) is 19.1 Å². The maximum absolute atomic E-state index is 5.99. The van der Waals surface area contributed by atoms with E-state index in [-0.39, 0.29) is 6.04 Å². The number of rotatable bonds is 2. The highest BCUT2D eigenvalue weighted by atomic mass is 35.5. The van der Waals surface area contributed by atoms with E-state index in [4.69, 9.17) is 21.9 Å². The monoisotopic (exact) mass is 223 g/mol. The molecule has 1 aromatic heterocycles. The van der Waals surface area contributed by atoms with Gasteiger partial charge in [0, 0.05) is 5.56 Å². The second-order valence-electron chi connectivity index (χ2n) is 3.22. The minimum Gasteiger partial charge on any atom is -0.337 e. The van der Waals surface area contributed by atoms with Crippen LogP contribution in [0.15, 0.2) is 28.8 Å². The summed E-state index contributed by atoms with van der Waals surface area (Å²) in [5.41, 5.74) is 6.36. The van der Waals surface area contributed by atoms with Crippen molar-refractivity contribution in [2.45, 2.75) is 13.0 Å². The van der Waals surface area contributed by atoms with E-state index in [9.17, 15) is 0 Å². The third kappa shape index (κ3) is 2.00. The van der Waals surface area contributed by atoms with E-state index in [0.29, 0.717) is 16.7 Å². The zero-order chi connectivity index (χ0) is 10.8. The summed E-state index contributed by atoms with van der Waals surface area (Å²) in [5, 5.41) is 4.41. The van der Waals surface area contributed by atoms with Gasteiger partial charge in [0.05, 0.1) is 11.1 Å². The van der Waals surface area contributed by atoms with Gasteiger partial charge in [0.25, 0.3) is 0 Å². The van der Waals surface area contributed by atoms with Crippen molar-refractivity contribution in [3.05, 3.63) is 35.2 Å². The lowest BCUT2D eigenvalue weighted by molar-refractivity contribution is 0.362. The number of hydrogen-bond acceptors (Lipinski definition) is 4. The van der Waals surface area contributed by atoms with Crippen LogP contribution in [0.25, 0.3) is 11.4 Å². The summed E-state index contributed by atoms with van der Waals surface area (Å²) >= 11 is 5.99. The lowest BCUT2D eigenvalue weighted by Crippen LogP contribution is -2.04. The number of benzene rings is 1. The molecule has 1 heterocycles. The van der Waals surface area contributed by atoms with Crippen LogP contribution in [0.1, 0.15) is 18.9 Å². The Labute approximate surface area is 92.0 Å². The Hall–Kier alpha value is -1.39. The molecule has 1 atom stereocenters. The SMILES string of the molecule is C[C@@H](N)c1nc(-c2ccccc2Cl)no1. The van der Waals surface area contributed by atoms with Crippen LogP contribution in [0.5, 0.6) is 0 Å². The maximum atomic E-state index is 5.99. The van der Waals surface area contributed by atoms with Crippen LogP contribution in [-0.4, -0.2) is 10.1 Å². The van der Waals surface area contributed by atoms with Crippen molar-refractivity contribution in [2.24, 2.45) is 5.73 Å². The van der Waals surface area contributed by atoms with Crippen LogP contribution in [0.2, 0.25) is 5.02 Å². The average Bonchev–Trinajstić information content (AvgIpc) is 2.67. The molecule has 0 aliphatic heterocycles. The molecule has 0 spiro atoms. The fraction of sp³-hybridized carbons (Fsp3) is 0.200. The summed E-state index contributed by atoms with van der Waals surface area (Å²) in [6.45, 7) is 1.78. The number of halogens is 1. The topological polar surface area (TPSA) is 64.9 Å². The molecule has 0 aliphatic rings. The number of aromatic nitrogens is 2. The Morgan fingerprint density at radius 3 is 2.73 bits per heavy atom. The molecule has 0 saturated heterocycles. The molecule has 0 fully saturated rings. The Bertz CT molecular complexity index is 467. The zero-order valence-electron chi connectivity index (χ0n) is 8.14. The quantitative estimate of drug-likeness (QED) is 0.849. The van der Waals surface area contributed by atoms with Crippen molar-refractivity contribution in [3.63, 3.8) is 0 Å². The van der Waals surface area contributed by atoms with E-state index in [2.05, 4.69) is 10.1 Å². The smallest absolute Gasteiger partial charge is 0.243 e. The van der Waals surface area contributed by atoms with Gasteiger partial charge in [-0.25, -0.2) is 0 Å². The molecule has 0 saturated carbocycles. The van der Waals surface area contributed by atoms with Crippen molar-refractivity contribution >= 4 is 11.6 Å². The van der Waals surface area contributed by atoms with Crippen LogP contribution >= 0.6 is 11.6 Å². The molecule has 0 bridgehead atoms. The molecule has 0 radical (unpaired) electrons. The fourth-order valence-corrected chi connectivity index (χ4v) is 1.39. The first kappa shape index (κ1) is 10.1. The average molecular weight is 224 g/mol. The highest BCUT2D eigenvalue weighted by Gasteiger charge is 2.13. The van der Waals surface area contributed by atoms with Gasteiger partial charge in [-0.3, -0.25) is 0 Å². The van der Waals surface area contributed by atoms with Gasteiger partial charge >= 0.3 is 0 Å². The van der Waals surface area contributed by atoms with Gasteiger partial charge in [0.15, 0.2) is 0 Å². The Balaban J connectivity index is 2.42.